The highest BCUT2D eigenvalue weighted by Crippen LogP contribution is 2.19. The number of carboxylic acid groups (broad SMARTS) is 2. The van der Waals surface area contributed by atoms with Gasteiger partial charge in [-0.3, -0.25) is 19.2 Å². The Morgan fingerprint density at radius 1 is 0.846 bits per heavy atom. The van der Waals surface area contributed by atoms with Crippen LogP contribution in [0.5, 0.6) is 0 Å². The second-order valence-corrected chi connectivity index (χ2v) is 9.03. The number of H-pyrrole nitrogens is 1. The topological polar surface area (TPSA) is 204 Å². The van der Waals surface area contributed by atoms with Gasteiger partial charge in [0.15, 0.2) is 0 Å². The Balaban J connectivity index is 1.66. The summed E-state index contributed by atoms with van der Waals surface area (Å²) in [5, 5.41) is 26.6. The van der Waals surface area contributed by atoms with Crippen molar-refractivity contribution >= 4 is 40.6 Å². The van der Waals surface area contributed by atoms with Gasteiger partial charge in [0.05, 0.1) is 12.6 Å². The number of nitrogens with two attached hydrogens (primary N) is 1. The van der Waals surface area contributed by atoms with Gasteiger partial charge >= 0.3 is 11.9 Å². The Hall–Kier alpha value is -4.71. The van der Waals surface area contributed by atoms with Crippen molar-refractivity contribution in [2.45, 2.75) is 43.8 Å². The van der Waals surface area contributed by atoms with Gasteiger partial charge in [0.1, 0.15) is 12.1 Å². The minimum Gasteiger partial charge on any atom is -0.481 e. The fraction of sp³-hybridized carbons (Fsp3) is 0.296. The van der Waals surface area contributed by atoms with Gasteiger partial charge in [-0.05, 0) is 23.6 Å². The number of nitrogens with one attached hydrogen (secondary N) is 4. The number of aromatic amines is 1. The molecule has 2 aromatic carbocycles. The van der Waals surface area contributed by atoms with Gasteiger partial charge in [0, 0.05) is 36.4 Å². The van der Waals surface area contributed by atoms with Gasteiger partial charge in [-0.2, -0.15) is 0 Å². The first-order valence-corrected chi connectivity index (χ1v) is 12.3. The van der Waals surface area contributed by atoms with Crippen molar-refractivity contribution in [2.24, 2.45) is 5.73 Å². The first-order chi connectivity index (χ1) is 18.6. The number of para-hydroxylation sites is 1. The van der Waals surface area contributed by atoms with Crippen LogP contribution in [0.15, 0.2) is 60.8 Å². The number of aliphatic carboxylic acids is 2. The van der Waals surface area contributed by atoms with Crippen LogP contribution in [0, 0.1) is 0 Å². The molecule has 0 fully saturated rings. The van der Waals surface area contributed by atoms with E-state index in [1.54, 1.807) is 36.5 Å². The highest BCUT2D eigenvalue weighted by atomic mass is 16.4. The number of carbonyl (C=O) groups excluding carboxylic acids is 3. The summed E-state index contributed by atoms with van der Waals surface area (Å²) in [6, 6.07) is 12.7. The van der Waals surface area contributed by atoms with Crippen LogP contribution in [0.2, 0.25) is 0 Å². The van der Waals surface area contributed by atoms with E-state index in [2.05, 4.69) is 20.9 Å². The van der Waals surface area contributed by atoms with Crippen LogP contribution in [-0.4, -0.2) is 69.5 Å². The molecule has 0 spiro atoms. The van der Waals surface area contributed by atoms with Gasteiger partial charge in [0.2, 0.25) is 17.7 Å². The first-order valence-electron chi connectivity index (χ1n) is 12.3. The molecule has 3 rings (SSSR count). The van der Waals surface area contributed by atoms with Gasteiger partial charge < -0.3 is 36.9 Å². The maximum atomic E-state index is 13.1. The van der Waals surface area contributed by atoms with Crippen molar-refractivity contribution in [1.29, 1.82) is 0 Å². The molecule has 12 heteroatoms. The van der Waals surface area contributed by atoms with Crippen LogP contribution in [0.25, 0.3) is 10.9 Å². The molecular weight excluding hydrogens is 506 g/mol. The standard InChI is InChI=1S/C27H31N5O7/c28-19(10-11-24(34)35)25(36)32-21(13-17-14-29-20-9-5-4-8-18(17)20)26(37)30-15-23(33)31-22(27(38)39)12-16-6-2-1-3-7-16/h1-9,14,19,21-22,29H,10-13,15,28H2,(H,30,37)(H,31,33)(H,32,36)(H,34,35)(H,38,39). The van der Waals surface area contributed by atoms with E-state index >= 15 is 0 Å². The third-order valence-corrected chi connectivity index (χ3v) is 6.08. The quantitative estimate of drug-likeness (QED) is 0.152. The lowest BCUT2D eigenvalue weighted by molar-refractivity contribution is -0.141. The highest BCUT2D eigenvalue weighted by molar-refractivity contribution is 5.93. The summed E-state index contributed by atoms with van der Waals surface area (Å²) in [4.78, 5) is 63.8. The summed E-state index contributed by atoms with van der Waals surface area (Å²) in [5.41, 5.74) is 8.08. The number of carboxylic acids is 2. The molecule has 3 aromatic rings. The van der Waals surface area contributed by atoms with Crippen molar-refractivity contribution in [3.8, 4) is 0 Å². The average molecular weight is 538 g/mol. The van der Waals surface area contributed by atoms with Crippen molar-refractivity contribution in [2.75, 3.05) is 6.54 Å². The maximum Gasteiger partial charge on any atom is 0.326 e. The van der Waals surface area contributed by atoms with E-state index in [1.165, 1.54) is 0 Å². The Bertz CT molecular complexity index is 1320. The smallest absolute Gasteiger partial charge is 0.326 e. The highest BCUT2D eigenvalue weighted by Gasteiger charge is 2.27. The second kappa shape index (κ2) is 13.7. The zero-order valence-corrected chi connectivity index (χ0v) is 21.1. The number of fused-ring (bicyclic) bond motifs is 1. The van der Waals surface area contributed by atoms with Crippen LogP contribution in [-0.2, 0) is 36.8 Å². The number of rotatable bonds is 14. The van der Waals surface area contributed by atoms with Crippen LogP contribution < -0.4 is 21.7 Å². The Labute approximate surface area is 224 Å². The molecule has 0 radical (unpaired) electrons. The molecule has 0 aliphatic rings. The van der Waals surface area contributed by atoms with Gasteiger partial charge in [0.25, 0.3) is 0 Å². The zero-order valence-electron chi connectivity index (χ0n) is 21.1. The van der Waals surface area contributed by atoms with E-state index in [-0.39, 0.29) is 25.7 Å². The molecule has 0 bridgehead atoms. The third-order valence-electron chi connectivity index (χ3n) is 6.08. The van der Waals surface area contributed by atoms with Crippen molar-refractivity contribution in [1.82, 2.24) is 20.9 Å². The van der Waals surface area contributed by atoms with E-state index < -0.39 is 54.3 Å². The number of hydrogen-bond acceptors (Lipinski definition) is 6. The van der Waals surface area contributed by atoms with Crippen LogP contribution in [0.3, 0.4) is 0 Å². The Kier molecular flexibility index (Phi) is 10.2. The molecule has 0 saturated heterocycles. The molecular formula is C27H31N5O7. The SMILES string of the molecule is NC(CCC(=O)O)C(=O)NC(Cc1c[nH]c2ccccc12)C(=O)NCC(=O)NC(Cc1ccccc1)C(=O)O. The van der Waals surface area contributed by atoms with Crippen LogP contribution in [0.1, 0.15) is 24.0 Å². The molecule has 0 saturated carbocycles. The molecule has 12 nitrogen and oxygen atoms in total. The summed E-state index contributed by atoms with van der Waals surface area (Å²) < 4.78 is 0. The minimum absolute atomic E-state index is 0.0562. The van der Waals surface area contributed by atoms with Gasteiger partial charge in [-0.15, -0.1) is 0 Å². The summed E-state index contributed by atoms with van der Waals surface area (Å²) >= 11 is 0. The van der Waals surface area contributed by atoms with E-state index in [1.807, 2.05) is 24.3 Å². The van der Waals surface area contributed by atoms with Crippen molar-refractivity contribution < 1.29 is 34.2 Å². The summed E-state index contributed by atoms with van der Waals surface area (Å²) in [6.45, 7) is -0.525. The fourth-order valence-corrected chi connectivity index (χ4v) is 4.00. The summed E-state index contributed by atoms with van der Waals surface area (Å²) in [6.07, 6.45) is 1.38. The summed E-state index contributed by atoms with van der Waals surface area (Å²) in [5.74, 6) is -4.46. The first kappa shape index (κ1) is 28.9. The van der Waals surface area contributed by atoms with Crippen molar-refractivity contribution in [3.63, 3.8) is 0 Å². The number of carbonyl (C=O) groups is 5. The largest absolute Gasteiger partial charge is 0.481 e. The molecule has 3 amide bonds. The van der Waals surface area contributed by atoms with Crippen molar-refractivity contribution in [3.05, 3.63) is 71.9 Å². The zero-order chi connectivity index (χ0) is 28.4. The molecule has 39 heavy (non-hydrogen) atoms. The van der Waals surface area contributed by atoms with E-state index in [0.29, 0.717) is 0 Å². The van der Waals surface area contributed by atoms with E-state index in [4.69, 9.17) is 10.8 Å². The molecule has 0 aliphatic heterocycles. The number of benzene rings is 2. The lowest BCUT2D eigenvalue weighted by Gasteiger charge is -2.21. The molecule has 0 aliphatic carbocycles. The second-order valence-electron chi connectivity index (χ2n) is 9.03. The predicted octanol–water partition coefficient (Wildman–Crippen LogP) is 0.316. The monoisotopic (exact) mass is 537 g/mol. The maximum absolute atomic E-state index is 13.1. The van der Waals surface area contributed by atoms with E-state index in [0.717, 1.165) is 22.0 Å². The minimum atomic E-state index is -1.22. The third kappa shape index (κ3) is 8.68. The van der Waals surface area contributed by atoms with Crippen LogP contribution >= 0.6 is 0 Å². The molecule has 1 heterocycles. The lowest BCUT2D eigenvalue weighted by atomic mass is 10.0. The number of amides is 3. The van der Waals surface area contributed by atoms with Gasteiger partial charge in [-0.25, -0.2) is 4.79 Å². The molecule has 3 atom stereocenters. The normalized spacial score (nSPS) is 13.2. The number of aromatic nitrogens is 1. The predicted molar refractivity (Wildman–Crippen MR) is 142 cm³/mol. The lowest BCUT2D eigenvalue weighted by Crippen LogP contribution is -2.54. The number of hydrogen-bond donors (Lipinski definition) is 7. The molecule has 206 valence electrons. The summed E-state index contributed by atoms with van der Waals surface area (Å²) in [7, 11) is 0. The van der Waals surface area contributed by atoms with E-state index in [9.17, 15) is 29.1 Å². The Morgan fingerprint density at radius 2 is 1.54 bits per heavy atom. The molecule has 1 aromatic heterocycles. The Morgan fingerprint density at radius 3 is 2.23 bits per heavy atom. The van der Waals surface area contributed by atoms with Gasteiger partial charge in [-0.1, -0.05) is 48.5 Å². The fourth-order valence-electron chi connectivity index (χ4n) is 4.00. The molecule has 8 N–H and O–H groups in total. The molecule has 3 unspecified atom stereocenters. The van der Waals surface area contributed by atoms with Crippen LogP contribution in [0.4, 0.5) is 0 Å². The average Bonchev–Trinajstić information content (AvgIpc) is 3.32.